The van der Waals surface area contributed by atoms with E-state index in [0.29, 0.717) is 53.3 Å². The van der Waals surface area contributed by atoms with Gasteiger partial charge in [0, 0.05) is 24.7 Å². The second kappa shape index (κ2) is 10.3. The molecule has 0 bridgehead atoms. The third kappa shape index (κ3) is 5.19. The summed E-state index contributed by atoms with van der Waals surface area (Å²) in [5.74, 6) is 1.61. The summed E-state index contributed by atoms with van der Waals surface area (Å²) in [6.07, 6.45) is 5.13. The van der Waals surface area contributed by atoms with Crippen LogP contribution in [0.5, 0.6) is 5.75 Å². The lowest BCUT2D eigenvalue weighted by Gasteiger charge is -2.20. The van der Waals surface area contributed by atoms with E-state index in [1.54, 1.807) is 29.0 Å². The van der Waals surface area contributed by atoms with E-state index < -0.39 is 0 Å². The van der Waals surface area contributed by atoms with Gasteiger partial charge < -0.3 is 15.0 Å². The number of hydrogen-bond donors (Lipinski definition) is 1. The van der Waals surface area contributed by atoms with Gasteiger partial charge in [-0.15, -0.1) is 10.2 Å². The minimum absolute atomic E-state index is 0.0370. The predicted molar refractivity (Wildman–Crippen MR) is 129 cm³/mol. The number of hydrogen-bond acceptors (Lipinski definition) is 8. The van der Waals surface area contributed by atoms with Crippen LogP contribution in [-0.4, -0.2) is 61.2 Å². The highest BCUT2D eigenvalue weighted by Gasteiger charge is 2.23. The van der Waals surface area contributed by atoms with Crippen molar-refractivity contribution in [1.82, 2.24) is 24.6 Å². The van der Waals surface area contributed by atoms with E-state index in [2.05, 4.69) is 20.5 Å². The van der Waals surface area contributed by atoms with Gasteiger partial charge in [0.2, 0.25) is 5.91 Å². The number of likely N-dealkylation sites (tertiary alicyclic amines) is 1. The van der Waals surface area contributed by atoms with Gasteiger partial charge in [0.05, 0.1) is 18.0 Å². The van der Waals surface area contributed by atoms with Gasteiger partial charge in [0.15, 0.2) is 23.4 Å². The first kappa shape index (κ1) is 23.0. The van der Waals surface area contributed by atoms with Crippen molar-refractivity contribution in [3.63, 3.8) is 0 Å². The number of Topliss-reactive ketones (excluding diaryl/α,β-unsaturated/α-hetero) is 1. The van der Waals surface area contributed by atoms with Crippen LogP contribution in [-0.2, 0) is 16.1 Å². The minimum Gasteiger partial charge on any atom is -0.482 e. The van der Waals surface area contributed by atoms with Crippen molar-refractivity contribution in [2.75, 3.05) is 24.2 Å². The summed E-state index contributed by atoms with van der Waals surface area (Å²) in [5.41, 5.74) is 0.944. The third-order valence-corrected chi connectivity index (χ3v) is 6.78. The van der Waals surface area contributed by atoms with Crippen LogP contribution in [0.25, 0.3) is 5.82 Å². The number of ether oxygens (including phenoxy) is 1. The smallest absolute Gasteiger partial charge is 0.262 e. The SMILES string of the molecule is O=C1COc2ccc(C(=O)CSc3nnc(CN4CCCCCC4=O)n3-c3ccccn3)cc2N1. The lowest BCUT2D eigenvalue weighted by atomic mass is 10.1. The van der Waals surface area contributed by atoms with Crippen molar-refractivity contribution in [2.24, 2.45) is 0 Å². The number of amides is 2. The topological polar surface area (TPSA) is 119 Å². The fourth-order valence-electron chi connectivity index (χ4n) is 4.06. The maximum Gasteiger partial charge on any atom is 0.262 e. The first-order valence-electron chi connectivity index (χ1n) is 11.4. The molecular weight excluding hydrogens is 468 g/mol. The molecule has 3 aromatic rings. The first-order chi connectivity index (χ1) is 17.1. The number of pyridine rings is 1. The molecule has 11 heteroatoms. The summed E-state index contributed by atoms with van der Waals surface area (Å²) in [6, 6.07) is 10.5. The molecule has 0 radical (unpaired) electrons. The van der Waals surface area contributed by atoms with Gasteiger partial charge in [-0.1, -0.05) is 24.2 Å². The molecule has 10 nitrogen and oxygen atoms in total. The summed E-state index contributed by atoms with van der Waals surface area (Å²) in [6.45, 7) is 0.986. The highest BCUT2D eigenvalue weighted by molar-refractivity contribution is 7.99. The average molecular weight is 493 g/mol. The Labute approximate surface area is 206 Å². The zero-order valence-corrected chi connectivity index (χ0v) is 19.8. The van der Waals surface area contributed by atoms with Crippen molar-refractivity contribution >= 4 is 35.0 Å². The molecule has 2 aliphatic rings. The molecule has 180 valence electrons. The maximum atomic E-state index is 12.9. The lowest BCUT2D eigenvalue weighted by Crippen LogP contribution is -2.31. The van der Waals surface area contributed by atoms with Gasteiger partial charge in [-0.25, -0.2) is 4.98 Å². The maximum absolute atomic E-state index is 12.9. The van der Waals surface area contributed by atoms with Gasteiger partial charge in [0.25, 0.3) is 5.91 Å². The Morgan fingerprint density at radius 1 is 1.11 bits per heavy atom. The Morgan fingerprint density at radius 2 is 2.03 bits per heavy atom. The van der Waals surface area contributed by atoms with Crippen LogP contribution in [0, 0.1) is 0 Å². The number of anilines is 1. The van der Waals surface area contributed by atoms with Gasteiger partial charge in [0.1, 0.15) is 11.6 Å². The molecule has 2 amide bonds. The number of aromatic nitrogens is 4. The molecule has 5 rings (SSSR count). The summed E-state index contributed by atoms with van der Waals surface area (Å²) < 4.78 is 7.16. The second-order valence-electron chi connectivity index (χ2n) is 8.31. The van der Waals surface area contributed by atoms with Gasteiger partial charge in [-0.2, -0.15) is 0 Å². The lowest BCUT2D eigenvalue weighted by molar-refractivity contribution is -0.131. The van der Waals surface area contributed by atoms with E-state index in [-0.39, 0.29) is 30.0 Å². The Bertz CT molecular complexity index is 1260. The zero-order valence-electron chi connectivity index (χ0n) is 19.0. The largest absolute Gasteiger partial charge is 0.482 e. The van der Waals surface area contributed by atoms with Crippen LogP contribution in [0.1, 0.15) is 41.9 Å². The highest BCUT2D eigenvalue weighted by atomic mass is 32.2. The van der Waals surface area contributed by atoms with Crippen molar-refractivity contribution < 1.29 is 19.1 Å². The fraction of sp³-hybridized carbons (Fsp3) is 0.333. The summed E-state index contributed by atoms with van der Waals surface area (Å²) in [4.78, 5) is 43.3. The Morgan fingerprint density at radius 3 is 2.89 bits per heavy atom. The Hall–Kier alpha value is -3.73. The van der Waals surface area contributed by atoms with Crippen LogP contribution in [0.2, 0.25) is 0 Å². The highest BCUT2D eigenvalue weighted by Crippen LogP contribution is 2.30. The number of carbonyl (C=O) groups is 3. The van der Waals surface area contributed by atoms with Crippen molar-refractivity contribution in [3.05, 3.63) is 54.0 Å². The minimum atomic E-state index is -0.254. The van der Waals surface area contributed by atoms with Gasteiger partial charge >= 0.3 is 0 Å². The molecule has 0 saturated carbocycles. The molecule has 2 aliphatic heterocycles. The van der Waals surface area contributed by atoms with Crippen LogP contribution in [0.4, 0.5) is 5.69 Å². The van der Waals surface area contributed by atoms with Gasteiger partial charge in [-0.05, 0) is 43.2 Å². The number of benzene rings is 1. The normalized spacial score (nSPS) is 15.7. The van der Waals surface area contributed by atoms with E-state index in [0.717, 1.165) is 19.3 Å². The number of nitrogens with zero attached hydrogens (tertiary/aromatic N) is 5. The molecule has 35 heavy (non-hydrogen) atoms. The number of carbonyl (C=O) groups excluding carboxylic acids is 3. The van der Waals surface area contributed by atoms with E-state index >= 15 is 0 Å². The molecule has 1 N–H and O–H groups in total. The molecule has 0 atom stereocenters. The van der Waals surface area contributed by atoms with Crippen molar-refractivity contribution in [3.8, 4) is 11.6 Å². The third-order valence-electron chi connectivity index (χ3n) is 5.85. The molecule has 0 spiro atoms. The number of thioether (sulfide) groups is 1. The van der Waals surface area contributed by atoms with Crippen molar-refractivity contribution in [2.45, 2.75) is 37.4 Å². The molecular formula is C24H24N6O4S. The second-order valence-corrected chi connectivity index (χ2v) is 9.25. The quantitative estimate of drug-likeness (QED) is 0.395. The van der Waals surface area contributed by atoms with Crippen molar-refractivity contribution in [1.29, 1.82) is 0 Å². The molecule has 0 aliphatic carbocycles. The van der Waals surface area contributed by atoms with Crippen LogP contribution < -0.4 is 10.1 Å². The standard InChI is InChI=1S/C24H24N6O4S/c31-18(16-8-9-19-17(12-16)26-22(32)14-34-19)15-35-24-28-27-21(30(24)20-6-3-4-10-25-20)13-29-11-5-1-2-7-23(29)33/h3-4,6,8-10,12H,1-2,5,7,11,13-15H2,(H,26,32). The Kier molecular flexibility index (Phi) is 6.75. The molecule has 4 heterocycles. The number of rotatable bonds is 7. The monoisotopic (exact) mass is 492 g/mol. The fourth-order valence-corrected chi connectivity index (χ4v) is 4.91. The predicted octanol–water partition coefficient (Wildman–Crippen LogP) is 2.87. The van der Waals surface area contributed by atoms with Gasteiger partial charge in [-0.3, -0.25) is 19.0 Å². The van der Waals surface area contributed by atoms with E-state index in [1.807, 2.05) is 23.1 Å². The van der Waals surface area contributed by atoms with Crippen LogP contribution in [0.15, 0.2) is 47.8 Å². The van der Waals surface area contributed by atoms with Crippen LogP contribution >= 0.6 is 11.8 Å². The number of ketones is 1. The summed E-state index contributed by atoms with van der Waals surface area (Å²) in [5, 5.41) is 11.9. The summed E-state index contributed by atoms with van der Waals surface area (Å²) in [7, 11) is 0. The molecule has 1 fully saturated rings. The van der Waals surface area contributed by atoms with E-state index in [1.165, 1.54) is 11.8 Å². The molecule has 1 aromatic carbocycles. The van der Waals surface area contributed by atoms with Crippen LogP contribution in [0.3, 0.4) is 0 Å². The number of nitrogens with one attached hydrogen (secondary N) is 1. The summed E-state index contributed by atoms with van der Waals surface area (Å²) >= 11 is 1.25. The first-order valence-corrected chi connectivity index (χ1v) is 12.4. The molecule has 2 aromatic heterocycles. The number of fused-ring (bicyclic) bond motifs is 1. The molecule has 0 unspecified atom stereocenters. The Balaban J connectivity index is 1.36. The zero-order chi connectivity index (χ0) is 24.2. The van der Waals surface area contributed by atoms with E-state index in [9.17, 15) is 14.4 Å². The van der Waals surface area contributed by atoms with E-state index in [4.69, 9.17) is 4.74 Å². The average Bonchev–Trinajstić information content (AvgIpc) is 3.17. The molecule has 1 saturated heterocycles.